The smallest absolute Gasteiger partial charge is 0.229 e. The molecule has 16 heavy (non-hydrogen) atoms. The molecule has 0 aliphatic carbocycles. The van der Waals surface area contributed by atoms with Crippen LogP contribution in [0.5, 0.6) is 5.88 Å². The number of hydrogen-bond donors (Lipinski definition) is 0. The Labute approximate surface area is 96.5 Å². The average Bonchev–Trinajstić information content (AvgIpc) is 2.39. The molecule has 2 heterocycles. The first-order chi connectivity index (χ1) is 7.83. The normalized spacial score (nSPS) is 10.1. The monoisotopic (exact) mass is 235 g/mol. The summed E-state index contributed by atoms with van der Waals surface area (Å²) in [4.78, 5) is 4.05. The predicted octanol–water partition coefficient (Wildman–Crippen LogP) is 1.06. The second-order valence-corrected chi connectivity index (χ2v) is 3.57. The maximum atomic E-state index is 4.96. The van der Waals surface area contributed by atoms with Crippen LogP contribution in [0.4, 0.5) is 0 Å². The SMILES string of the molecule is COc1ccc(-c2nnc(SC)nn2)cn1. The van der Waals surface area contributed by atoms with Gasteiger partial charge in [-0.05, 0) is 12.3 Å². The van der Waals surface area contributed by atoms with Crippen LogP contribution in [0.1, 0.15) is 0 Å². The van der Waals surface area contributed by atoms with E-state index in [1.165, 1.54) is 11.8 Å². The van der Waals surface area contributed by atoms with Crippen molar-refractivity contribution in [3.05, 3.63) is 18.3 Å². The highest BCUT2D eigenvalue weighted by atomic mass is 32.2. The maximum absolute atomic E-state index is 4.96. The largest absolute Gasteiger partial charge is 0.481 e. The van der Waals surface area contributed by atoms with Gasteiger partial charge in [0.1, 0.15) is 0 Å². The van der Waals surface area contributed by atoms with Crippen LogP contribution in [-0.2, 0) is 0 Å². The molecule has 0 aliphatic heterocycles. The summed E-state index contributed by atoms with van der Waals surface area (Å²) >= 11 is 1.40. The van der Waals surface area contributed by atoms with E-state index >= 15 is 0 Å². The van der Waals surface area contributed by atoms with E-state index in [1.54, 1.807) is 19.4 Å². The molecule has 0 aliphatic rings. The molecule has 0 aromatic carbocycles. The van der Waals surface area contributed by atoms with Crippen molar-refractivity contribution in [1.82, 2.24) is 25.4 Å². The van der Waals surface area contributed by atoms with Gasteiger partial charge in [0.25, 0.3) is 0 Å². The molecule has 0 atom stereocenters. The number of hydrogen-bond acceptors (Lipinski definition) is 7. The van der Waals surface area contributed by atoms with Crippen LogP contribution in [0.3, 0.4) is 0 Å². The van der Waals surface area contributed by atoms with E-state index in [-0.39, 0.29) is 0 Å². The van der Waals surface area contributed by atoms with Gasteiger partial charge < -0.3 is 4.74 Å². The maximum Gasteiger partial charge on any atom is 0.229 e. The fraction of sp³-hybridized carbons (Fsp3) is 0.222. The van der Waals surface area contributed by atoms with Gasteiger partial charge in [-0.1, -0.05) is 11.8 Å². The van der Waals surface area contributed by atoms with Crippen LogP contribution >= 0.6 is 11.8 Å². The molecular formula is C9H9N5OS. The molecule has 2 aromatic rings. The Hall–Kier alpha value is -1.76. The number of thioether (sulfide) groups is 1. The summed E-state index contributed by atoms with van der Waals surface area (Å²) in [6.45, 7) is 0. The second kappa shape index (κ2) is 4.84. The van der Waals surface area contributed by atoms with Gasteiger partial charge in [-0.3, -0.25) is 0 Å². The molecular weight excluding hydrogens is 226 g/mol. The van der Waals surface area contributed by atoms with Crippen LogP contribution in [0, 0.1) is 0 Å². The van der Waals surface area contributed by atoms with Gasteiger partial charge >= 0.3 is 0 Å². The highest BCUT2D eigenvalue weighted by molar-refractivity contribution is 7.98. The molecule has 0 amide bonds. The number of nitrogens with zero attached hydrogens (tertiary/aromatic N) is 5. The van der Waals surface area contributed by atoms with E-state index in [9.17, 15) is 0 Å². The molecule has 2 aromatic heterocycles. The van der Waals surface area contributed by atoms with Gasteiger partial charge in [0.05, 0.1) is 7.11 Å². The third-order valence-electron chi connectivity index (χ3n) is 1.85. The fourth-order valence-corrected chi connectivity index (χ4v) is 1.30. The summed E-state index contributed by atoms with van der Waals surface area (Å²) in [7, 11) is 1.56. The van der Waals surface area contributed by atoms with E-state index in [1.807, 2.05) is 12.3 Å². The van der Waals surface area contributed by atoms with Crippen molar-refractivity contribution in [3.63, 3.8) is 0 Å². The summed E-state index contributed by atoms with van der Waals surface area (Å²) in [5.74, 6) is 0.998. The van der Waals surface area contributed by atoms with Crippen LogP contribution in [0.15, 0.2) is 23.5 Å². The lowest BCUT2D eigenvalue weighted by Gasteiger charge is -2.00. The third kappa shape index (κ3) is 2.25. The van der Waals surface area contributed by atoms with Crippen LogP contribution < -0.4 is 4.74 Å². The number of ether oxygens (including phenoxy) is 1. The van der Waals surface area contributed by atoms with Crippen molar-refractivity contribution < 1.29 is 4.74 Å². The predicted molar refractivity (Wildman–Crippen MR) is 59.2 cm³/mol. The molecule has 82 valence electrons. The highest BCUT2D eigenvalue weighted by Gasteiger charge is 2.04. The van der Waals surface area contributed by atoms with E-state index in [4.69, 9.17) is 4.74 Å². The molecule has 0 saturated carbocycles. The summed E-state index contributed by atoms with van der Waals surface area (Å²) in [6.07, 6.45) is 3.49. The zero-order valence-electron chi connectivity index (χ0n) is 8.78. The lowest BCUT2D eigenvalue weighted by Crippen LogP contribution is -1.98. The molecule has 0 spiro atoms. The summed E-state index contributed by atoms with van der Waals surface area (Å²) in [5, 5.41) is 16.2. The lowest BCUT2D eigenvalue weighted by molar-refractivity contribution is 0.398. The second-order valence-electron chi connectivity index (χ2n) is 2.80. The average molecular weight is 235 g/mol. The third-order valence-corrected chi connectivity index (χ3v) is 2.38. The van der Waals surface area contributed by atoms with E-state index < -0.39 is 0 Å². The summed E-state index contributed by atoms with van der Waals surface area (Å²) in [5.41, 5.74) is 0.758. The molecule has 0 radical (unpaired) electrons. The quantitative estimate of drug-likeness (QED) is 0.736. The van der Waals surface area contributed by atoms with Gasteiger partial charge in [0.2, 0.25) is 16.9 Å². The molecule has 0 bridgehead atoms. The minimum absolute atomic E-state index is 0.452. The molecule has 7 heteroatoms. The van der Waals surface area contributed by atoms with Crippen molar-refractivity contribution in [2.75, 3.05) is 13.4 Å². The first kappa shape index (κ1) is 10.7. The van der Waals surface area contributed by atoms with E-state index in [0.717, 1.165) is 5.56 Å². The van der Waals surface area contributed by atoms with Gasteiger partial charge in [-0.25, -0.2) is 4.98 Å². The minimum Gasteiger partial charge on any atom is -0.481 e. The summed E-state index contributed by atoms with van der Waals surface area (Å²) in [6, 6.07) is 3.55. The molecule has 0 fully saturated rings. The molecule has 0 saturated heterocycles. The topological polar surface area (TPSA) is 73.7 Å². The van der Waals surface area contributed by atoms with Gasteiger partial charge in [0, 0.05) is 17.8 Å². The van der Waals surface area contributed by atoms with Gasteiger partial charge in [-0.15, -0.1) is 20.4 Å². The van der Waals surface area contributed by atoms with Crippen molar-refractivity contribution >= 4 is 11.8 Å². The first-order valence-electron chi connectivity index (χ1n) is 4.45. The number of pyridine rings is 1. The first-order valence-corrected chi connectivity index (χ1v) is 5.68. The minimum atomic E-state index is 0.452. The van der Waals surface area contributed by atoms with Crippen LogP contribution in [-0.4, -0.2) is 38.7 Å². The Kier molecular flexibility index (Phi) is 3.25. The Morgan fingerprint density at radius 2 is 1.88 bits per heavy atom. The van der Waals surface area contributed by atoms with Crippen LogP contribution in [0.25, 0.3) is 11.4 Å². The standard InChI is InChI=1S/C9H9N5OS/c1-15-7-4-3-6(5-10-7)8-11-13-9(16-2)14-12-8/h3-5H,1-2H3. The molecule has 2 rings (SSSR count). The van der Waals surface area contributed by atoms with Crippen LogP contribution in [0.2, 0.25) is 0 Å². The van der Waals surface area contributed by atoms with E-state index in [2.05, 4.69) is 25.4 Å². The molecule has 0 unspecified atom stereocenters. The lowest BCUT2D eigenvalue weighted by atomic mass is 10.3. The van der Waals surface area contributed by atoms with Gasteiger partial charge in [-0.2, -0.15) is 0 Å². The Morgan fingerprint density at radius 1 is 1.12 bits per heavy atom. The summed E-state index contributed by atoms with van der Waals surface area (Å²) < 4.78 is 4.96. The Morgan fingerprint density at radius 3 is 2.38 bits per heavy atom. The van der Waals surface area contributed by atoms with E-state index in [0.29, 0.717) is 16.9 Å². The fourth-order valence-electron chi connectivity index (χ4n) is 1.05. The zero-order chi connectivity index (χ0) is 11.4. The number of aromatic nitrogens is 5. The number of rotatable bonds is 3. The van der Waals surface area contributed by atoms with Crippen molar-refractivity contribution in [3.8, 4) is 17.3 Å². The molecule has 0 N–H and O–H groups in total. The zero-order valence-corrected chi connectivity index (χ0v) is 9.60. The Balaban J connectivity index is 2.28. The molecule has 6 nitrogen and oxygen atoms in total. The van der Waals surface area contributed by atoms with Gasteiger partial charge in [0.15, 0.2) is 0 Å². The Bertz CT molecular complexity index is 413. The van der Waals surface area contributed by atoms with Crippen molar-refractivity contribution in [2.24, 2.45) is 0 Å². The highest BCUT2D eigenvalue weighted by Crippen LogP contribution is 2.15. The van der Waals surface area contributed by atoms with Crippen molar-refractivity contribution in [1.29, 1.82) is 0 Å². The number of methoxy groups -OCH3 is 1. The van der Waals surface area contributed by atoms with Crippen molar-refractivity contribution in [2.45, 2.75) is 5.16 Å².